The summed E-state index contributed by atoms with van der Waals surface area (Å²) in [5.74, 6) is -1.17. The molecule has 1 saturated carbocycles. The summed E-state index contributed by atoms with van der Waals surface area (Å²) in [5, 5.41) is 16.2. The maximum atomic E-state index is 14.1. The third-order valence-corrected chi connectivity index (χ3v) is 6.66. The van der Waals surface area contributed by atoms with Crippen molar-refractivity contribution in [3.8, 4) is 0 Å². The van der Waals surface area contributed by atoms with Crippen molar-refractivity contribution in [1.82, 2.24) is 4.98 Å². The lowest BCUT2D eigenvalue weighted by atomic mass is 9.66. The number of thiazole rings is 1. The Bertz CT molecular complexity index is 868. The monoisotopic (exact) mass is 397 g/mol. The van der Waals surface area contributed by atoms with Crippen LogP contribution in [0.25, 0.3) is 10.2 Å². The number of hydrogen-bond acceptors (Lipinski definition) is 5. The number of fused-ring (bicyclic) bond motifs is 2. The Morgan fingerprint density at radius 2 is 1.89 bits per heavy atom. The molecule has 2 heterocycles. The second-order valence-electron chi connectivity index (χ2n) is 8.43. The van der Waals surface area contributed by atoms with Gasteiger partial charge in [0.1, 0.15) is 0 Å². The zero-order valence-electron chi connectivity index (χ0n) is 15.4. The lowest BCUT2D eigenvalue weighted by molar-refractivity contribution is -0.269. The highest BCUT2D eigenvalue weighted by Crippen LogP contribution is 2.53. The number of hydrogen-bond donors (Lipinski definition) is 1. The summed E-state index contributed by atoms with van der Waals surface area (Å²) < 4.78 is 43.2. The number of hydrazone groups is 1. The second-order valence-corrected chi connectivity index (χ2v) is 9.44. The van der Waals surface area contributed by atoms with Gasteiger partial charge >= 0.3 is 6.18 Å². The molecule has 8 heteroatoms. The van der Waals surface area contributed by atoms with Crippen LogP contribution in [0.1, 0.15) is 40.0 Å². The molecule has 1 N–H and O–H groups in total. The number of alkyl halides is 3. The van der Waals surface area contributed by atoms with Gasteiger partial charge in [0.25, 0.3) is 5.72 Å². The van der Waals surface area contributed by atoms with Crippen LogP contribution in [-0.4, -0.2) is 27.7 Å². The van der Waals surface area contributed by atoms with Crippen LogP contribution in [0.3, 0.4) is 0 Å². The average molecular weight is 397 g/mol. The average Bonchev–Trinajstić information content (AvgIpc) is 3.13. The van der Waals surface area contributed by atoms with E-state index >= 15 is 0 Å². The molecule has 1 aliphatic heterocycles. The van der Waals surface area contributed by atoms with Crippen LogP contribution in [0, 0.1) is 17.3 Å². The number of anilines is 1. The second kappa shape index (κ2) is 5.91. The molecule has 0 saturated heterocycles. The predicted molar refractivity (Wildman–Crippen MR) is 101 cm³/mol. The quantitative estimate of drug-likeness (QED) is 0.721. The van der Waals surface area contributed by atoms with E-state index in [0.717, 1.165) is 27.5 Å². The molecule has 4 nitrogen and oxygen atoms in total. The molecule has 0 spiro atoms. The van der Waals surface area contributed by atoms with E-state index in [2.05, 4.69) is 10.1 Å². The number of halogens is 3. The molecule has 1 aliphatic carbocycles. The SMILES string of the molecule is CC(C)(C)[C@@H]1CCC[C@@H]2C1=NN(c1nc3ccccc3s1)[C@]2(O)C(F)(F)F. The zero-order valence-corrected chi connectivity index (χ0v) is 16.2. The molecule has 3 atom stereocenters. The zero-order chi connectivity index (χ0) is 19.6. The molecule has 0 unspecified atom stereocenters. The number of aliphatic hydroxyl groups is 1. The number of para-hydroxylation sites is 1. The first-order chi connectivity index (χ1) is 12.5. The first kappa shape index (κ1) is 18.7. The van der Waals surface area contributed by atoms with Crippen LogP contribution in [0.2, 0.25) is 0 Å². The summed E-state index contributed by atoms with van der Waals surface area (Å²) in [6.07, 6.45) is -3.17. The lowest BCUT2D eigenvalue weighted by Crippen LogP contribution is -2.61. The van der Waals surface area contributed by atoms with Gasteiger partial charge in [-0.3, -0.25) is 0 Å². The molecule has 0 radical (unpaired) electrons. The van der Waals surface area contributed by atoms with Crippen molar-refractivity contribution in [2.75, 3.05) is 5.01 Å². The summed E-state index contributed by atoms with van der Waals surface area (Å²) >= 11 is 1.11. The molecule has 2 aliphatic rings. The van der Waals surface area contributed by atoms with E-state index in [-0.39, 0.29) is 22.9 Å². The fraction of sp³-hybridized carbons (Fsp3) is 0.579. The number of rotatable bonds is 1. The summed E-state index contributed by atoms with van der Waals surface area (Å²) in [7, 11) is 0. The number of aromatic nitrogens is 1. The molecule has 1 aromatic carbocycles. The van der Waals surface area contributed by atoms with Crippen molar-refractivity contribution in [3.63, 3.8) is 0 Å². The van der Waals surface area contributed by atoms with Gasteiger partial charge in [0, 0.05) is 5.92 Å². The van der Waals surface area contributed by atoms with Crippen molar-refractivity contribution in [1.29, 1.82) is 0 Å². The van der Waals surface area contributed by atoms with E-state index in [1.54, 1.807) is 18.2 Å². The van der Waals surface area contributed by atoms with Gasteiger partial charge in [-0.25, -0.2) is 4.98 Å². The van der Waals surface area contributed by atoms with Crippen LogP contribution in [0.4, 0.5) is 18.3 Å². The molecule has 1 aromatic heterocycles. The fourth-order valence-electron chi connectivity index (χ4n) is 4.28. The van der Waals surface area contributed by atoms with Crippen molar-refractivity contribution >= 4 is 32.4 Å². The third-order valence-electron chi connectivity index (χ3n) is 5.65. The van der Waals surface area contributed by atoms with Crippen molar-refractivity contribution < 1.29 is 18.3 Å². The normalized spacial score (nSPS) is 29.1. The Hall–Kier alpha value is -1.67. The standard InChI is InChI=1S/C19H22F3N3OS/c1-17(2,3)11-7-6-8-12-15(11)24-25(18(12,26)19(20,21)22)16-23-13-9-4-5-10-14(13)27-16/h4-5,9-12,26H,6-8H2,1-3H3/t11-,12-,18-/m1/s1. The maximum absolute atomic E-state index is 14.1. The number of nitrogens with zero attached hydrogens (tertiary/aromatic N) is 3. The van der Waals surface area contributed by atoms with Crippen LogP contribution in [0.15, 0.2) is 29.4 Å². The Balaban J connectivity index is 1.88. The summed E-state index contributed by atoms with van der Waals surface area (Å²) in [4.78, 5) is 4.33. The Kier molecular flexibility index (Phi) is 4.09. The van der Waals surface area contributed by atoms with Gasteiger partial charge in [-0.1, -0.05) is 50.7 Å². The van der Waals surface area contributed by atoms with E-state index in [1.165, 1.54) is 0 Å². The van der Waals surface area contributed by atoms with Crippen LogP contribution < -0.4 is 5.01 Å². The molecule has 0 amide bonds. The largest absolute Gasteiger partial charge is 0.439 e. The number of benzene rings is 1. The molecule has 1 fully saturated rings. The topological polar surface area (TPSA) is 48.7 Å². The van der Waals surface area contributed by atoms with Crippen LogP contribution in [0.5, 0.6) is 0 Å². The van der Waals surface area contributed by atoms with Gasteiger partial charge in [-0.05, 0) is 30.4 Å². The van der Waals surface area contributed by atoms with E-state index in [0.29, 0.717) is 17.6 Å². The van der Waals surface area contributed by atoms with Gasteiger partial charge in [-0.2, -0.15) is 23.3 Å². The smallest absolute Gasteiger partial charge is 0.362 e. The molecule has 146 valence electrons. The third kappa shape index (κ3) is 2.76. The summed E-state index contributed by atoms with van der Waals surface area (Å²) in [6.45, 7) is 6.03. The Morgan fingerprint density at radius 1 is 1.19 bits per heavy atom. The van der Waals surface area contributed by atoms with Gasteiger partial charge in [0.05, 0.1) is 21.8 Å². The fourth-order valence-corrected chi connectivity index (χ4v) is 5.26. The van der Waals surface area contributed by atoms with E-state index in [1.807, 2.05) is 26.8 Å². The van der Waals surface area contributed by atoms with Crippen molar-refractivity contribution in [2.24, 2.45) is 22.4 Å². The first-order valence-corrected chi connectivity index (χ1v) is 9.88. The molecule has 27 heavy (non-hydrogen) atoms. The van der Waals surface area contributed by atoms with Crippen molar-refractivity contribution in [2.45, 2.75) is 51.9 Å². The predicted octanol–water partition coefficient (Wildman–Crippen LogP) is 5.19. The molecule has 0 bridgehead atoms. The highest BCUT2D eigenvalue weighted by molar-refractivity contribution is 7.22. The molecule has 2 aromatic rings. The molecular formula is C19H22F3N3OS. The summed E-state index contributed by atoms with van der Waals surface area (Å²) in [6, 6.07) is 7.15. The van der Waals surface area contributed by atoms with Gasteiger partial charge in [0.15, 0.2) is 0 Å². The Morgan fingerprint density at radius 3 is 2.52 bits per heavy atom. The van der Waals surface area contributed by atoms with Crippen LogP contribution in [-0.2, 0) is 0 Å². The molecule has 4 rings (SSSR count). The first-order valence-electron chi connectivity index (χ1n) is 9.07. The van der Waals surface area contributed by atoms with Gasteiger partial charge in [-0.15, -0.1) is 0 Å². The van der Waals surface area contributed by atoms with E-state index in [9.17, 15) is 18.3 Å². The van der Waals surface area contributed by atoms with Gasteiger partial charge < -0.3 is 5.11 Å². The van der Waals surface area contributed by atoms with Gasteiger partial charge in [0.2, 0.25) is 5.13 Å². The lowest BCUT2D eigenvalue weighted by Gasteiger charge is -2.41. The highest BCUT2D eigenvalue weighted by atomic mass is 32.1. The highest BCUT2D eigenvalue weighted by Gasteiger charge is 2.69. The van der Waals surface area contributed by atoms with E-state index in [4.69, 9.17) is 0 Å². The van der Waals surface area contributed by atoms with Crippen LogP contribution >= 0.6 is 11.3 Å². The van der Waals surface area contributed by atoms with Crippen molar-refractivity contribution in [3.05, 3.63) is 24.3 Å². The molecular weight excluding hydrogens is 375 g/mol. The van der Waals surface area contributed by atoms with E-state index < -0.39 is 17.8 Å². The maximum Gasteiger partial charge on any atom is 0.439 e. The Labute approximate surface area is 159 Å². The minimum atomic E-state index is -4.85. The minimum absolute atomic E-state index is 0.0746. The summed E-state index contributed by atoms with van der Waals surface area (Å²) in [5.41, 5.74) is -2.23. The minimum Gasteiger partial charge on any atom is -0.362 e.